The molecule has 1 N–H and O–H groups in total. The van der Waals surface area contributed by atoms with Crippen molar-refractivity contribution in [2.24, 2.45) is 5.41 Å². The molecule has 0 atom stereocenters. The lowest BCUT2D eigenvalue weighted by Gasteiger charge is -2.30. The second-order valence-electron chi connectivity index (χ2n) is 6.66. The first-order valence-electron chi connectivity index (χ1n) is 8.50. The van der Waals surface area contributed by atoms with Crippen LogP contribution in [0, 0.1) is 23.7 Å². The van der Waals surface area contributed by atoms with Gasteiger partial charge in [0.15, 0.2) is 0 Å². The molecule has 2 rings (SSSR count). The van der Waals surface area contributed by atoms with Gasteiger partial charge < -0.3 is 10.2 Å². The minimum absolute atomic E-state index is 0.278. The second kappa shape index (κ2) is 7.83. The molecule has 0 aliphatic carbocycles. The zero-order valence-electron chi connectivity index (χ0n) is 15.5. The van der Waals surface area contributed by atoms with Crippen LogP contribution in [0.1, 0.15) is 31.9 Å². The van der Waals surface area contributed by atoms with E-state index >= 15 is 0 Å². The van der Waals surface area contributed by atoms with Crippen LogP contribution in [0.4, 0.5) is 11.4 Å². The normalized spacial score (nSPS) is 10.7. The standard InChI is InChI=1S/C21H23N3O2/c1-5-24(18-11-6-8-15(2)12-18)20(26)21(3,4)19(25)23-17-10-7-9-16(13-17)14-22/h6-13H,5H2,1-4H3,(H,23,25). The molecule has 0 saturated heterocycles. The molecule has 0 unspecified atom stereocenters. The smallest absolute Gasteiger partial charge is 0.242 e. The van der Waals surface area contributed by atoms with Crippen LogP contribution in [0.2, 0.25) is 0 Å². The number of benzene rings is 2. The molecule has 134 valence electrons. The number of carbonyl (C=O) groups excluding carboxylic acids is 2. The van der Waals surface area contributed by atoms with E-state index in [1.807, 2.05) is 44.2 Å². The number of carbonyl (C=O) groups is 2. The largest absolute Gasteiger partial charge is 0.325 e. The molecule has 2 aromatic rings. The Bertz CT molecular complexity index is 866. The zero-order chi connectivity index (χ0) is 19.3. The quantitative estimate of drug-likeness (QED) is 0.833. The summed E-state index contributed by atoms with van der Waals surface area (Å²) >= 11 is 0. The van der Waals surface area contributed by atoms with Gasteiger partial charge in [-0.05, 0) is 63.6 Å². The second-order valence-corrected chi connectivity index (χ2v) is 6.66. The Labute approximate surface area is 154 Å². The number of amides is 2. The summed E-state index contributed by atoms with van der Waals surface area (Å²) in [4.78, 5) is 27.4. The van der Waals surface area contributed by atoms with Gasteiger partial charge in [-0.15, -0.1) is 0 Å². The van der Waals surface area contributed by atoms with Crippen molar-refractivity contribution in [3.8, 4) is 6.07 Å². The maximum Gasteiger partial charge on any atom is 0.242 e. The van der Waals surface area contributed by atoms with E-state index in [2.05, 4.69) is 5.32 Å². The average Bonchev–Trinajstić information content (AvgIpc) is 2.62. The number of rotatable bonds is 5. The van der Waals surface area contributed by atoms with E-state index < -0.39 is 11.3 Å². The third-order valence-corrected chi connectivity index (χ3v) is 4.23. The first-order chi connectivity index (χ1) is 12.3. The van der Waals surface area contributed by atoms with E-state index in [9.17, 15) is 9.59 Å². The van der Waals surface area contributed by atoms with Gasteiger partial charge in [-0.2, -0.15) is 5.26 Å². The molecule has 26 heavy (non-hydrogen) atoms. The Kier molecular flexibility index (Phi) is 5.78. The van der Waals surface area contributed by atoms with E-state index in [1.54, 1.807) is 43.0 Å². The maximum atomic E-state index is 13.1. The fourth-order valence-electron chi connectivity index (χ4n) is 2.63. The summed E-state index contributed by atoms with van der Waals surface area (Å²) in [6.07, 6.45) is 0. The molecule has 0 spiro atoms. The van der Waals surface area contributed by atoms with E-state index in [0.717, 1.165) is 11.3 Å². The van der Waals surface area contributed by atoms with Crippen LogP contribution >= 0.6 is 0 Å². The SMILES string of the molecule is CCN(C(=O)C(C)(C)C(=O)Nc1cccc(C#N)c1)c1cccc(C)c1. The van der Waals surface area contributed by atoms with Crippen LogP contribution in [0.15, 0.2) is 48.5 Å². The molecule has 5 heteroatoms. The molecule has 0 heterocycles. The number of anilines is 2. The van der Waals surface area contributed by atoms with Gasteiger partial charge >= 0.3 is 0 Å². The number of nitrogens with one attached hydrogen (secondary N) is 1. The molecule has 5 nitrogen and oxygen atoms in total. The Hall–Kier alpha value is -3.13. The van der Waals surface area contributed by atoms with Gasteiger partial charge in [-0.3, -0.25) is 9.59 Å². The lowest BCUT2D eigenvalue weighted by molar-refractivity contribution is -0.136. The third kappa shape index (κ3) is 4.09. The minimum Gasteiger partial charge on any atom is -0.325 e. The summed E-state index contributed by atoms with van der Waals surface area (Å²) in [6.45, 7) is 7.52. The highest BCUT2D eigenvalue weighted by molar-refractivity contribution is 6.14. The summed E-state index contributed by atoms with van der Waals surface area (Å²) in [5.41, 5.74) is 1.49. The number of nitrogens with zero attached hydrogens (tertiary/aromatic N) is 2. The molecule has 2 amide bonds. The molecule has 0 aliphatic rings. The lowest BCUT2D eigenvalue weighted by atomic mass is 9.89. The highest BCUT2D eigenvalue weighted by Crippen LogP contribution is 2.26. The highest BCUT2D eigenvalue weighted by Gasteiger charge is 2.39. The Morgan fingerprint density at radius 1 is 1.15 bits per heavy atom. The van der Waals surface area contributed by atoms with Gasteiger partial charge in [0, 0.05) is 17.9 Å². The Morgan fingerprint density at radius 3 is 2.46 bits per heavy atom. The third-order valence-electron chi connectivity index (χ3n) is 4.23. The van der Waals surface area contributed by atoms with Crippen molar-refractivity contribution in [3.63, 3.8) is 0 Å². The summed E-state index contributed by atoms with van der Waals surface area (Å²) in [5.74, 6) is -0.691. The maximum absolute atomic E-state index is 13.1. The molecule has 0 saturated carbocycles. The fraction of sp³-hybridized carbons (Fsp3) is 0.286. The van der Waals surface area contributed by atoms with Crippen molar-refractivity contribution in [2.75, 3.05) is 16.8 Å². The zero-order valence-corrected chi connectivity index (χ0v) is 15.5. The highest BCUT2D eigenvalue weighted by atomic mass is 16.2. The molecule has 0 fully saturated rings. The molecule has 0 aliphatic heterocycles. The summed E-state index contributed by atoms with van der Waals surface area (Å²) < 4.78 is 0. The molecular weight excluding hydrogens is 326 g/mol. The molecule has 2 aromatic carbocycles. The van der Waals surface area contributed by atoms with E-state index in [0.29, 0.717) is 17.8 Å². The van der Waals surface area contributed by atoms with Gasteiger partial charge in [0.2, 0.25) is 11.8 Å². The Balaban J connectivity index is 2.24. The average molecular weight is 349 g/mol. The van der Waals surface area contributed by atoms with Crippen molar-refractivity contribution in [2.45, 2.75) is 27.7 Å². The molecule has 0 bridgehead atoms. The van der Waals surface area contributed by atoms with Crippen LogP contribution < -0.4 is 10.2 Å². The topological polar surface area (TPSA) is 73.2 Å². The van der Waals surface area contributed by atoms with Crippen molar-refractivity contribution < 1.29 is 9.59 Å². The molecular formula is C21H23N3O2. The van der Waals surface area contributed by atoms with Gasteiger partial charge in [0.05, 0.1) is 11.6 Å². The van der Waals surface area contributed by atoms with Crippen molar-refractivity contribution in [1.82, 2.24) is 0 Å². The fourth-order valence-corrected chi connectivity index (χ4v) is 2.63. The molecule has 0 radical (unpaired) electrons. The van der Waals surface area contributed by atoms with Crippen LogP contribution in [-0.4, -0.2) is 18.4 Å². The number of hydrogen-bond donors (Lipinski definition) is 1. The summed E-state index contributed by atoms with van der Waals surface area (Å²) in [5, 5.41) is 11.7. The van der Waals surface area contributed by atoms with Crippen LogP contribution in [0.3, 0.4) is 0 Å². The first kappa shape index (κ1) is 19.2. The monoisotopic (exact) mass is 349 g/mol. The predicted molar refractivity (Wildman–Crippen MR) is 103 cm³/mol. The molecule has 0 aromatic heterocycles. The Morgan fingerprint density at radius 2 is 1.85 bits per heavy atom. The van der Waals surface area contributed by atoms with E-state index in [-0.39, 0.29) is 5.91 Å². The van der Waals surface area contributed by atoms with Crippen molar-refractivity contribution in [3.05, 3.63) is 59.7 Å². The van der Waals surface area contributed by atoms with Crippen molar-refractivity contribution >= 4 is 23.2 Å². The minimum atomic E-state index is -1.26. The predicted octanol–water partition coefficient (Wildman–Crippen LogP) is 3.88. The van der Waals surface area contributed by atoms with Crippen LogP contribution in [0.25, 0.3) is 0 Å². The van der Waals surface area contributed by atoms with Gasteiger partial charge in [0.25, 0.3) is 0 Å². The van der Waals surface area contributed by atoms with Crippen LogP contribution in [-0.2, 0) is 9.59 Å². The van der Waals surface area contributed by atoms with Gasteiger partial charge in [0.1, 0.15) is 5.41 Å². The number of aryl methyl sites for hydroxylation is 1. The lowest BCUT2D eigenvalue weighted by Crippen LogP contribution is -2.47. The summed E-state index contributed by atoms with van der Waals surface area (Å²) in [6, 6.07) is 16.3. The van der Waals surface area contributed by atoms with Crippen molar-refractivity contribution in [1.29, 1.82) is 5.26 Å². The van der Waals surface area contributed by atoms with Gasteiger partial charge in [-0.25, -0.2) is 0 Å². The van der Waals surface area contributed by atoms with Crippen LogP contribution in [0.5, 0.6) is 0 Å². The first-order valence-corrected chi connectivity index (χ1v) is 8.50. The number of hydrogen-bond acceptors (Lipinski definition) is 3. The summed E-state index contributed by atoms with van der Waals surface area (Å²) in [7, 11) is 0. The van der Waals surface area contributed by atoms with E-state index in [1.165, 1.54) is 0 Å². The van der Waals surface area contributed by atoms with Gasteiger partial charge in [-0.1, -0.05) is 18.2 Å². The van der Waals surface area contributed by atoms with E-state index in [4.69, 9.17) is 5.26 Å². The number of nitriles is 1.